The van der Waals surface area contributed by atoms with Gasteiger partial charge in [-0.25, -0.2) is 17.9 Å². The maximum Gasteiger partial charge on any atom is 0.338 e. The van der Waals surface area contributed by atoms with Crippen LogP contribution >= 0.6 is 0 Å². The van der Waals surface area contributed by atoms with E-state index in [2.05, 4.69) is 4.72 Å². The van der Waals surface area contributed by atoms with E-state index in [1.807, 2.05) is 0 Å². The Kier molecular flexibility index (Phi) is 5.62. The molecule has 1 N–H and O–H groups in total. The summed E-state index contributed by atoms with van der Waals surface area (Å²) in [6.07, 6.45) is -0.830. The Morgan fingerprint density at radius 2 is 1.62 bits per heavy atom. The van der Waals surface area contributed by atoms with E-state index in [1.165, 1.54) is 38.1 Å². The van der Waals surface area contributed by atoms with E-state index in [0.29, 0.717) is 0 Å². The lowest BCUT2D eigenvalue weighted by Gasteiger charge is -2.11. The topological polar surface area (TPSA) is 89.5 Å². The van der Waals surface area contributed by atoms with Crippen LogP contribution in [0.3, 0.4) is 0 Å². The number of sulfonamides is 1. The third-order valence-electron chi connectivity index (χ3n) is 2.65. The molecule has 0 aliphatic heterocycles. The number of ketones is 1. The van der Waals surface area contributed by atoms with Crippen LogP contribution in [-0.4, -0.2) is 32.3 Å². The van der Waals surface area contributed by atoms with Gasteiger partial charge in [-0.1, -0.05) is 0 Å². The molecular formula is C14H19NO5S. The van der Waals surface area contributed by atoms with Crippen molar-refractivity contribution < 1.29 is 22.7 Å². The minimum Gasteiger partial charge on any atom is -0.451 e. The van der Waals surface area contributed by atoms with E-state index in [-0.39, 0.29) is 22.3 Å². The number of carbonyl (C=O) groups is 2. The molecule has 0 saturated carbocycles. The van der Waals surface area contributed by atoms with Crippen LogP contribution in [0, 0.1) is 0 Å². The zero-order chi connectivity index (χ0) is 16.2. The Morgan fingerprint density at radius 1 is 1.10 bits per heavy atom. The Bertz CT molecular complexity index is 619. The number of esters is 1. The first-order chi connectivity index (χ1) is 9.63. The fourth-order valence-electron chi connectivity index (χ4n) is 1.46. The number of hydrogen-bond acceptors (Lipinski definition) is 5. The minimum absolute atomic E-state index is 0.0624. The van der Waals surface area contributed by atoms with Crippen LogP contribution in [0.4, 0.5) is 0 Å². The predicted molar refractivity (Wildman–Crippen MR) is 77.5 cm³/mol. The van der Waals surface area contributed by atoms with Gasteiger partial charge in [0.1, 0.15) is 0 Å². The van der Waals surface area contributed by atoms with Crippen LogP contribution in [0.1, 0.15) is 38.1 Å². The van der Waals surface area contributed by atoms with E-state index >= 15 is 0 Å². The largest absolute Gasteiger partial charge is 0.451 e. The highest BCUT2D eigenvalue weighted by Gasteiger charge is 2.18. The summed E-state index contributed by atoms with van der Waals surface area (Å²) < 4.78 is 31.2. The summed E-state index contributed by atoms with van der Waals surface area (Å²) in [7, 11) is -3.59. The van der Waals surface area contributed by atoms with Gasteiger partial charge in [-0.2, -0.15) is 0 Å². The van der Waals surface area contributed by atoms with Crippen LogP contribution in [0.15, 0.2) is 29.2 Å². The first-order valence-electron chi connectivity index (χ1n) is 6.47. The summed E-state index contributed by atoms with van der Waals surface area (Å²) in [6, 6.07) is 5.12. The predicted octanol–water partition coefficient (Wildman–Crippen LogP) is 1.51. The molecule has 0 spiro atoms. The number of Topliss-reactive ketones (excluding diaryl/α,β-unsaturated/α-hetero) is 1. The Morgan fingerprint density at radius 3 is 2.05 bits per heavy atom. The van der Waals surface area contributed by atoms with Gasteiger partial charge < -0.3 is 4.74 Å². The molecule has 0 heterocycles. The molecule has 116 valence electrons. The van der Waals surface area contributed by atoms with Crippen molar-refractivity contribution in [2.24, 2.45) is 0 Å². The number of benzene rings is 1. The third-order valence-corrected chi connectivity index (χ3v) is 4.32. The van der Waals surface area contributed by atoms with Gasteiger partial charge in [-0.3, -0.25) is 4.79 Å². The van der Waals surface area contributed by atoms with E-state index < -0.39 is 22.1 Å². The second-order valence-corrected chi connectivity index (χ2v) is 6.67. The third kappa shape index (κ3) is 4.95. The van der Waals surface area contributed by atoms with Gasteiger partial charge in [0.15, 0.2) is 11.9 Å². The summed E-state index contributed by atoms with van der Waals surface area (Å²) in [5, 5.41) is 0. The number of nitrogens with one attached hydrogen (secondary N) is 1. The lowest BCUT2D eigenvalue weighted by Crippen LogP contribution is -2.30. The quantitative estimate of drug-likeness (QED) is 0.804. The van der Waals surface area contributed by atoms with E-state index in [4.69, 9.17) is 4.74 Å². The highest BCUT2D eigenvalue weighted by atomic mass is 32.2. The number of rotatable bonds is 6. The summed E-state index contributed by atoms with van der Waals surface area (Å²) >= 11 is 0. The smallest absolute Gasteiger partial charge is 0.338 e. The molecule has 0 fully saturated rings. The molecule has 21 heavy (non-hydrogen) atoms. The van der Waals surface area contributed by atoms with Gasteiger partial charge in [-0.15, -0.1) is 0 Å². The maximum absolute atomic E-state index is 11.9. The number of ether oxygens (including phenoxy) is 1. The summed E-state index contributed by atoms with van der Waals surface area (Å²) in [5.41, 5.74) is 0.187. The molecule has 1 rings (SSSR count). The lowest BCUT2D eigenvalue weighted by atomic mass is 10.2. The van der Waals surface area contributed by atoms with Crippen molar-refractivity contribution in [3.63, 3.8) is 0 Å². The zero-order valence-electron chi connectivity index (χ0n) is 12.4. The average molecular weight is 313 g/mol. The number of hydrogen-bond donors (Lipinski definition) is 1. The molecule has 1 unspecified atom stereocenters. The molecule has 1 aromatic carbocycles. The van der Waals surface area contributed by atoms with Crippen molar-refractivity contribution in [1.29, 1.82) is 0 Å². The molecule has 0 amide bonds. The van der Waals surface area contributed by atoms with Gasteiger partial charge in [0.25, 0.3) is 0 Å². The fraction of sp³-hybridized carbons (Fsp3) is 0.429. The van der Waals surface area contributed by atoms with Gasteiger partial charge in [0, 0.05) is 6.04 Å². The van der Waals surface area contributed by atoms with Crippen molar-refractivity contribution >= 4 is 21.8 Å². The van der Waals surface area contributed by atoms with Crippen molar-refractivity contribution in [3.8, 4) is 0 Å². The fourth-order valence-corrected chi connectivity index (χ4v) is 2.71. The van der Waals surface area contributed by atoms with Gasteiger partial charge >= 0.3 is 5.97 Å². The second-order valence-electron chi connectivity index (χ2n) is 4.96. The second kappa shape index (κ2) is 6.82. The molecule has 0 aliphatic carbocycles. The minimum atomic E-state index is -3.59. The van der Waals surface area contributed by atoms with Crippen molar-refractivity contribution in [2.75, 3.05) is 0 Å². The molecule has 7 heteroatoms. The monoisotopic (exact) mass is 313 g/mol. The standard InChI is InChI=1S/C14H19NO5S/c1-9(2)15-21(18,19)13-7-5-12(6-8-13)14(17)20-11(4)10(3)16/h5-9,11,15H,1-4H3. The summed E-state index contributed by atoms with van der Waals surface area (Å²) in [6.45, 7) is 6.23. The van der Waals surface area contributed by atoms with Gasteiger partial charge in [-0.05, 0) is 52.0 Å². The Hall–Kier alpha value is -1.73. The maximum atomic E-state index is 11.9. The normalized spacial score (nSPS) is 13.0. The molecule has 1 aromatic rings. The van der Waals surface area contributed by atoms with Gasteiger partial charge in [0.2, 0.25) is 10.0 Å². The van der Waals surface area contributed by atoms with Crippen molar-refractivity contribution in [2.45, 2.75) is 44.7 Å². The molecule has 0 bridgehead atoms. The average Bonchev–Trinajstić information content (AvgIpc) is 2.37. The molecule has 0 radical (unpaired) electrons. The highest BCUT2D eigenvalue weighted by Crippen LogP contribution is 2.12. The summed E-state index contributed by atoms with van der Waals surface area (Å²) in [4.78, 5) is 22.9. The molecule has 0 aromatic heterocycles. The molecule has 6 nitrogen and oxygen atoms in total. The first kappa shape index (κ1) is 17.3. The van der Waals surface area contributed by atoms with Crippen LogP contribution in [-0.2, 0) is 19.6 Å². The van der Waals surface area contributed by atoms with Gasteiger partial charge in [0.05, 0.1) is 10.5 Å². The van der Waals surface area contributed by atoms with E-state index in [0.717, 1.165) is 0 Å². The van der Waals surface area contributed by atoms with E-state index in [9.17, 15) is 18.0 Å². The number of carbonyl (C=O) groups excluding carboxylic acids is 2. The Labute approximate surface area is 124 Å². The molecule has 0 saturated heterocycles. The summed E-state index contributed by atoms with van der Waals surface area (Å²) in [5.74, 6) is -0.929. The molecule has 1 atom stereocenters. The highest BCUT2D eigenvalue weighted by molar-refractivity contribution is 7.89. The van der Waals surface area contributed by atoms with Crippen molar-refractivity contribution in [3.05, 3.63) is 29.8 Å². The van der Waals surface area contributed by atoms with Crippen LogP contribution < -0.4 is 4.72 Å². The first-order valence-corrected chi connectivity index (χ1v) is 7.95. The molecular weight excluding hydrogens is 294 g/mol. The lowest BCUT2D eigenvalue weighted by molar-refractivity contribution is -0.124. The van der Waals surface area contributed by atoms with Crippen LogP contribution in [0.25, 0.3) is 0 Å². The van der Waals surface area contributed by atoms with E-state index in [1.54, 1.807) is 13.8 Å². The van der Waals surface area contributed by atoms with Crippen LogP contribution in [0.5, 0.6) is 0 Å². The molecule has 0 aliphatic rings. The SMILES string of the molecule is CC(=O)C(C)OC(=O)c1ccc(S(=O)(=O)NC(C)C)cc1. The van der Waals surface area contributed by atoms with Crippen molar-refractivity contribution in [1.82, 2.24) is 4.72 Å². The zero-order valence-corrected chi connectivity index (χ0v) is 13.2. The van der Waals surface area contributed by atoms with Crippen LogP contribution in [0.2, 0.25) is 0 Å². The Balaban J connectivity index is 2.88.